The summed E-state index contributed by atoms with van der Waals surface area (Å²) in [7, 11) is 1.70. The monoisotopic (exact) mass is 272 g/mol. The molecule has 0 unspecified atom stereocenters. The number of anilines is 1. The second-order valence-electron chi connectivity index (χ2n) is 4.36. The Hall–Kier alpha value is -2.54. The lowest BCUT2D eigenvalue weighted by Crippen LogP contribution is -2.27. The van der Waals surface area contributed by atoms with Crippen LogP contribution in [0.1, 0.15) is 21.9 Å². The Morgan fingerprint density at radius 1 is 1.35 bits per heavy atom. The van der Waals surface area contributed by atoms with E-state index in [-0.39, 0.29) is 11.6 Å². The van der Waals surface area contributed by atoms with Crippen LogP contribution in [-0.4, -0.2) is 32.8 Å². The van der Waals surface area contributed by atoms with E-state index in [9.17, 15) is 4.79 Å². The lowest BCUT2D eigenvalue weighted by atomic mass is 10.3. The molecule has 0 bridgehead atoms. The summed E-state index contributed by atoms with van der Waals surface area (Å²) >= 11 is 0. The normalized spacial score (nSPS) is 10.2. The Morgan fingerprint density at radius 3 is 2.75 bits per heavy atom. The zero-order valence-corrected chi connectivity index (χ0v) is 11.4. The highest BCUT2D eigenvalue weighted by atomic mass is 16.2. The summed E-state index contributed by atoms with van der Waals surface area (Å²) in [5, 5.41) is 0. The molecule has 0 spiro atoms. The van der Waals surface area contributed by atoms with Gasteiger partial charge in [0.1, 0.15) is 5.69 Å². The minimum atomic E-state index is -0.218. The third-order valence-corrected chi connectivity index (χ3v) is 2.71. The van der Waals surface area contributed by atoms with Gasteiger partial charge in [-0.05, 0) is 19.1 Å². The van der Waals surface area contributed by atoms with E-state index in [1.807, 2.05) is 25.1 Å². The summed E-state index contributed by atoms with van der Waals surface area (Å²) in [5.41, 5.74) is 4.37. The molecule has 7 heteroatoms. The minimum Gasteiger partial charge on any atom is -0.334 e. The number of nitrogens with one attached hydrogen (secondary N) is 1. The Labute approximate surface area is 116 Å². The Morgan fingerprint density at radius 2 is 2.15 bits per heavy atom. The summed E-state index contributed by atoms with van der Waals surface area (Å²) in [4.78, 5) is 26.1. The molecule has 2 aromatic heterocycles. The molecule has 2 rings (SSSR count). The number of nitrogens with zero attached hydrogens (tertiary/aromatic N) is 4. The third-order valence-electron chi connectivity index (χ3n) is 2.71. The Balaban J connectivity index is 2.07. The van der Waals surface area contributed by atoms with Crippen molar-refractivity contribution in [2.75, 3.05) is 12.5 Å². The van der Waals surface area contributed by atoms with E-state index in [1.54, 1.807) is 11.9 Å². The lowest BCUT2D eigenvalue weighted by molar-refractivity contribution is 0.0777. The first-order chi connectivity index (χ1) is 9.60. The number of hydrogen-bond donors (Lipinski definition) is 2. The molecule has 20 heavy (non-hydrogen) atoms. The van der Waals surface area contributed by atoms with E-state index in [0.717, 1.165) is 11.4 Å². The van der Waals surface area contributed by atoms with Gasteiger partial charge in [0.15, 0.2) is 5.82 Å². The van der Waals surface area contributed by atoms with Crippen molar-refractivity contribution in [2.45, 2.75) is 13.5 Å². The molecule has 2 heterocycles. The number of aromatic nitrogens is 3. The number of hydrogen-bond acceptors (Lipinski definition) is 6. The first-order valence-electron chi connectivity index (χ1n) is 6.07. The molecule has 0 radical (unpaired) electrons. The molecule has 0 atom stereocenters. The number of hydrazine groups is 1. The van der Waals surface area contributed by atoms with Gasteiger partial charge in [-0.2, -0.15) is 0 Å². The van der Waals surface area contributed by atoms with Crippen molar-refractivity contribution in [3.8, 4) is 0 Å². The second-order valence-corrected chi connectivity index (χ2v) is 4.36. The number of aryl methyl sites for hydroxylation is 1. The fraction of sp³-hybridized carbons (Fsp3) is 0.231. The highest BCUT2D eigenvalue weighted by molar-refractivity contribution is 5.91. The quantitative estimate of drug-likeness (QED) is 0.629. The molecule has 1 amide bonds. The first-order valence-corrected chi connectivity index (χ1v) is 6.07. The van der Waals surface area contributed by atoms with Crippen molar-refractivity contribution in [3.63, 3.8) is 0 Å². The fourth-order valence-corrected chi connectivity index (χ4v) is 1.71. The molecule has 0 saturated carbocycles. The van der Waals surface area contributed by atoms with E-state index < -0.39 is 0 Å². The predicted octanol–water partition coefficient (Wildman–Crippen LogP) is 0.738. The second kappa shape index (κ2) is 6.07. The molecule has 3 N–H and O–H groups in total. The van der Waals surface area contributed by atoms with Gasteiger partial charge < -0.3 is 10.3 Å². The van der Waals surface area contributed by atoms with Gasteiger partial charge in [0.05, 0.1) is 24.6 Å². The van der Waals surface area contributed by atoms with Crippen LogP contribution < -0.4 is 11.3 Å². The Kier molecular flexibility index (Phi) is 4.21. The molecule has 0 saturated heterocycles. The topological polar surface area (TPSA) is 97.0 Å². The number of nitrogens with two attached hydrogens (primary N) is 1. The van der Waals surface area contributed by atoms with Crippen molar-refractivity contribution in [3.05, 3.63) is 47.7 Å². The van der Waals surface area contributed by atoms with Gasteiger partial charge >= 0.3 is 0 Å². The summed E-state index contributed by atoms with van der Waals surface area (Å²) < 4.78 is 0. The van der Waals surface area contributed by atoms with E-state index in [2.05, 4.69) is 20.4 Å². The molecular weight excluding hydrogens is 256 g/mol. The van der Waals surface area contributed by atoms with Gasteiger partial charge in [-0.15, -0.1) is 0 Å². The van der Waals surface area contributed by atoms with Crippen LogP contribution in [0.4, 0.5) is 5.82 Å². The fourth-order valence-electron chi connectivity index (χ4n) is 1.71. The maximum Gasteiger partial charge on any atom is 0.274 e. The van der Waals surface area contributed by atoms with Crippen LogP contribution in [0.3, 0.4) is 0 Å². The van der Waals surface area contributed by atoms with Crippen LogP contribution in [-0.2, 0) is 6.54 Å². The van der Waals surface area contributed by atoms with Crippen molar-refractivity contribution in [2.24, 2.45) is 5.84 Å². The van der Waals surface area contributed by atoms with Crippen LogP contribution in [0, 0.1) is 6.92 Å². The molecule has 104 valence electrons. The highest BCUT2D eigenvalue weighted by Gasteiger charge is 2.14. The SMILES string of the molecule is Cc1cccc(CN(C)C(=O)c2cnc(NN)cn2)n1. The van der Waals surface area contributed by atoms with Crippen LogP contribution in [0.25, 0.3) is 0 Å². The molecule has 0 aliphatic rings. The number of rotatable bonds is 4. The molecule has 0 aliphatic carbocycles. The number of pyridine rings is 1. The smallest absolute Gasteiger partial charge is 0.274 e. The largest absolute Gasteiger partial charge is 0.334 e. The maximum absolute atomic E-state index is 12.2. The summed E-state index contributed by atoms with van der Waals surface area (Å²) in [6.45, 7) is 2.33. The van der Waals surface area contributed by atoms with Crippen molar-refractivity contribution >= 4 is 11.7 Å². The number of carbonyl (C=O) groups is 1. The zero-order chi connectivity index (χ0) is 14.5. The highest BCUT2D eigenvalue weighted by Crippen LogP contribution is 2.06. The molecular formula is C13H16N6O. The van der Waals surface area contributed by atoms with E-state index >= 15 is 0 Å². The van der Waals surface area contributed by atoms with Crippen molar-refractivity contribution < 1.29 is 4.79 Å². The average Bonchev–Trinajstić information content (AvgIpc) is 2.46. The van der Waals surface area contributed by atoms with Gasteiger partial charge in [-0.25, -0.2) is 15.8 Å². The van der Waals surface area contributed by atoms with E-state index in [4.69, 9.17) is 5.84 Å². The predicted molar refractivity (Wildman–Crippen MR) is 74.6 cm³/mol. The van der Waals surface area contributed by atoms with Gasteiger partial charge in [0.2, 0.25) is 0 Å². The van der Waals surface area contributed by atoms with Crippen molar-refractivity contribution in [1.29, 1.82) is 0 Å². The molecule has 0 fully saturated rings. The maximum atomic E-state index is 12.2. The molecule has 7 nitrogen and oxygen atoms in total. The molecule has 0 aromatic carbocycles. The van der Waals surface area contributed by atoms with Gasteiger partial charge in [-0.1, -0.05) is 6.07 Å². The molecule has 2 aromatic rings. The van der Waals surface area contributed by atoms with Crippen LogP contribution in [0.5, 0.6) is 0 Å². The van der Waals surface area contributed by atoms with Gasteiger partial charge in [0, 0.05) is 12.7 Å². The van der Waals surface area contributed by atoms with E-state index in [0.29, 0.717) is 12.4 Å². The Bertz CT molecular complexity index is 598. The van der Waals surface area contributed by atoms with Gasteiger partial charge in [0.25, 0.3) is 5.91 Å². The lowest BCUT2D eigenvalue weighted by Gasteiger charge is -2.16. The van der Waals surface area contributed by atoms with Crippen LogP contribution in [0.15, 0.2) is 30.6 Å². The van der Waals surface area contributed by atoms with Gasteiger partial charge in [-0.3, -0.25) is 9.78 Å². The minimum absolute atomic E-state index is 0.218. The number of nitrogen functional groups attached to an aromatic ring is 1. The third kappa shape index (κ3) is 3.27. The molecule has 0 aliphatic heterocycles. The number of carbonyl (C=O) groups excluding carboxylic acids is 1. The van der Waals surface area contributed by atoms with E-state index in [1.165, 1.54) is 12.4 Å². The number of amides is 1. The standard InChI is InChI=1S/C13H16N6O/c1-9-4-3-5-10(17-9)8-19(2)13(20)11-6-16-12(18-14)7-15-11/h3-7H,8,14H2,1-2H3,(H,16,18). The summed E-state index contributed by atoms with van der Waals surface area (Å²) in [5.74, 6) is 5.38. The van der Waals surface area contributed by atoms with Crippen molar-refractivity contribution in [1.82, 2.24) is 19.9 Å². The summed E-state index contributed by atoms with van der Waals surface area (Å²) in [6.07, 6.45) is 2.80. The average molecular weight is 272 g/mol. The zero-order valence-electron chi connectivity index (χ0n) is 11.4. The summed E-state index contributed by atoms with van der Waals surface area (Å²) in [6, 6.07) is 5.71. The van der Waals surface area contributed by atoms with Crippen LogP contribution >= 0.6 is 0 Å². The van der Waals surface area contributed by atoms with Crippen LogP contribution in [0.2, 0.25) is 0 Å². The first kappa shape index (κ1) is 13.9.